The molecule has 2 atom stereocenters. The number of phenols is 1. The number of ether oxygens (including phenoxy) is 1. The molecule has 1 fully saturated rings. The molecule has 8 nitrogen and oxygen atoms in total. The van der Waals surface area contributed by atoms with Gasteiger partial charge in [-0.05, 0) is 40.2 Å². The van der Waals surface area contributed by atoms with Gasteiger partial charge in [-0.2, -0.15) is 0 Å². The van der Waals surface area contributed by atoms with Crippen LogP contribution in [-0.2, 0) is 24.2 Å². The fraction of sp³-hybridized carbons (Fsp3) is 0.583. The summed E-state index contributed by atoms with van der Waals surface area (Å²) in [5.74, 6) is 0.945. The van der Waals surface area contributed by atoms with E-state index >= 15 is 0 Å². The van der Waals surface area contributed by atoms with E-state index in [1.165, 1.54) is 0 Å². The van der Waals surface area contributed by atoms with Crippen LogP contribution in [0.25, 0.3) is 0 Å². The van der Waals surface area contributed by atoms with Crippen LogP contribution in [0.1, 0.15) is 44.5 Å². The Bertz CT molecular complexity index is 994. The Hall–Kier alpha value is -2.58. The molecule has 2 N–H and O–H groups in total. The van der Waals surface area contributed by atoms with Gasteiger partial charge in [0.1, 0.15) is 5.75 Å². The van der Waals surface area contributed by atoms with Gasteiger partial charge >= 0.3 is 0 Å². The first-order valence-electron chi connectivity index (χ1n) is 11.7. The summed E-state index contributed by atoms with van der Waals surface area (Å²) < 4.78 is 5.82. The van der Waals surface area contributed by atoms with Crippen molar-refractivity contribution in [2.45, 2.75) is 59.4 Å². The SMILES string of the molecule is CCN(CC)c1ccc(CN2CCc3c(nc(N4C[C@H](C)O[C@@H](C)C4)[nH]c3=O)C2)c(O)c1. The summed E-state index contributed by atoms with van der Waals surface area (Å²) in [6, 6.07) is 5.93. The van der Waals surface area contributed by atoms with Crippen LogP contribution in [-0.4, -0.2) is 64.9 Å². The van der Waals surface area contributed by atoms with E-state index in [9.17, 15) is 9.90 Å². The lowest BCUT2D eigenvalue weighted by Gasteiger charge is -2.36. The number of H-pyrrole nitrogens is 1. The third kappa shape index (κ3) is 4.76. The molecule has 2 aliphatic heterocycles. The molecular weight excluding hydrogens is 406 g/mol. The number of fused-ring (bicyclic) bond motifs is 1. The molecule has 1 aromatic carbocycles. The van der Waals surface area contributed by atoms with Gasteiger partial charge in [0, 0.05) is 68.7 Å². The summed E-state index contributed by atoms with van der Waals surface area (Å²) >= 11 is 0. The molecule has 0 spiro atoms. The van der Waals surface area contributed by atoms with Gasteiger partial charge in [-0.1, -0.05) is 6.07 Å². The number of nitrogens with one attached hydrogen (secondary N) is 1. The van der Waals surface area contributed by atoms with E-state index < -0.39 is 0 Å². The second kappa shape index (κ2) is 9.50. The van der Waals surface area contributed by atoms with Crippen LogP contribution in [0.15, 0.2) is 23.0 Å². The lowest BCUT2D eigenvalue weighted by molar-refractivity contribution is -0.00576. The Kier molecular flexibility index (Phi) is 6.71. The van der Waals surface area contributed by atoms with Gasteiger partial charge in [-0.3, -0.25) is 14.7 Å². The zero-order valence-corrected chi connectivity index (χ0v) is 19.6. The minimum absolute atomic E-state index is 0.0390. The lowest BCUT2D eigenvalue weighted by Crippen LogP contribution is -2.47. The van der Waals surface area contributed by atoms with Crippen molar-refractivity contribution < 1.29 is 9.84 Å². The van der Waals surface area contributed by atoms with Crippen LogP contribution in [0.5, 0.6) is 5.75 Å². The smallest absolute Gasteiger partial charge is 0.255 e. The summed E-state index contributed by atoms with van der Waals surface area (Å²) in [5, 5.41) is 10.6. The van der Waals surface area contributed by atoms with Crippen LogP contribution in [0.2, 0.25) is 0 Å². The van der Waals surface area contributed by atoms with E-state index in [-0.39, 0.29) is 17.8 Å². The molecule has 2 aromatic rings. The molecule has 0 unspecified atom stereocenters. The average Bonchev–Trinajstić information content (AvgIpc) is 2.75. The maximum atomic E-state index is 12.8. The Morgan fingerprint density at radius 2 is 1.94 bits per heavy atom. The molecule has 3 heterocycles. The number of morpholine rings is 1. The van der Waals surface area contributed by atoms with Gasteiger partial charge in [-0.25, -0.2) is 4.98 Å². The zero-order chi connectivity index (χ0) is 22.8. The van der Waals surface area contributed by atoms with Crippen LogP contribution in [0.4, 0.5) is 11.6 Å². The third-order valence-corrected chi connectivity index (χ3v) is 6.45. The fourth-order valence-electron chi connectivity index (χ4n) is 4.83. The highest BCUT2D eigenvalue weighted by Gasteiger charge is 2.27. The minimum atomic E-state index is -0.0390. The van der Waals surface area contributed by atoms with Crippen molar-refractivity contribution in [3.63, 3.8) is 0 Å². The fourth-order valence-corrected chi connectivity index (χ4v) is 4.83. The van der Waals surface area contributed by atoms with Crippen LogP contribution in [0, 0.1) is 0 Å². The van der Waals surface area contributed by atoms with E-state index in [2.05, 4.69) is 39.6 Å². The number of rotatable bonds is 6. The normalized spacial score (nSPS) is 21.4. The highest BCUT2D eigenvalue weighted by molar-refractivity contribution is 5.53. The Labute approximate surface area is 189 Å². The van der Waals surface area contributed by atoms with Crippen molar-refractivity contribution in [2.24, 2.45) is 0 Å². The number of phenolic OH excluding ortho intramolecular Hbond substituents is 1. The van der Waals surface area contributed by atoms with Gasteiger partial charge in [0.25, 0.3) is 5.56 Å². The maximum absolute atomic E-state index is 12.8. The van der Waals surface area contributed by atoms with E-state index in [1.807, 2.05) is 26.0 Å². The number of nitrogens with zero attached hydrogens (tertiary/aromatic N) is 4. The molecule has 8 heteroatoms. The second-order valence-corrected chi connectivity index (χ2v) is 8.92. The summed E-state index contributed by atoms with van der Waals surface area (Å²) in [4.78, 5) is 27.2. The largest absolute Gasteiger partial charge is 0.508 e. The lowest BCUT2D eigenvalue weighted by atomic mass is 10.0. The molecular formula is C24H35N5O3. The first kappa shape index (κ1) is 22.6. The molecule has 1 aromatic heterocycles. The average molecular weight is 442 g/mol. The van der Waals surface area contributed by atoms with E-state index in [1.54, 1.807) is 0 Å². The van der Waals surface area contributed by atoms with Crippen LogP contribution in [0.3, 0.4) is 0 Å². The molecule has 0 radical (unpaired) electrons. The molecule has 32 heavy (non-hydrogen) atoms. The van der Waals surface area contributed by atoms with Crippen molar-refractivity contribution >= 4 is 11.6 Å². The van der Waals surface area contributed by atoms with Gasteiger partial charge in [-0.15, -0.1) is 0 Å². The first-order chi connectivity index (χ1) is 15.4. The van der Waals surface area contributed by atoms with E-state index in [0.717, 1.165) is 42.1 Å². The van der Waals surface area contributed by atoms with Crippen molar-refractivity contribution in [1.29, 1.82) is 0 Å². The summed E-state index contributed by atoms with van der Waals surface area (Å²) in [6.45, 7) is 13.5. The molecule has 4 rings (SSSR count). The van der Waals surface area contributed by atoms with Crippen molar-refractivity contribution in [2.75, 3.05) is 42.5 Å². The number of hydrogen-bond donors (Lipinski definition) is 2. The number of aromatic amines is 1. The predicted octanol–water partition coefficient (Wildman–Crippen LogP) is 2.49. The molecule has 174 valence electrons. The molecule has 0 saturated carbocycles. The molecule has 0 amide bonds. The molecule has 0 bridgehead atoms. The number of aromatic nitrogens is 2. The van der Waals surface area contributed by atoms with Crippen molar-refractivity contribution in [1.82, 2.24) is 14.9 Å². The van der Waals surface area contributed by atoms with Gasteiger partial charge in [0.15, 0.2) is 0 Å². The standard InChI is InChI=1S/C24H35N5O3/c1-5-28(6-2)19-8-7-18(22(30)11-19)14-27-10-9-20-21(15-27)25-24(26-23(20)31)29-12-16(3)32-17(4)13-29/h7-8,11,16-17,30H,5-6,9-10,12-15H2,1-4H3,(H,25,26,31)/t16-,17-/m0/s1. The quantitative estimate of drug-likeness (QED) is 0.712. The van der Waals surface area contributed by atoms with Crippen molar-refractivity contribution in [3.05, 3.63) is 45.4 Å². The summed E-state index contributed by atoms with van der Waals surface area (Å²) in [5.41, 5.74) is 3.50. The molecule has 1 saturated heterocycles. The Morgan fingerprint density at radius 3 is 2.59 bits per heavy atom. The zero-order valence-electron chi connectivity index (χ0n) is 19.6. The summed E-state index contributed by atoms with van der Waals surface area (Å²) in [7, 11) is 0. The molecule has 2 aliphatic rings. The highest BCUT2D eigenvalue weighted by Crippen LogP contribution is 2.27. The van der Waals surface area contributed by atoms with Crippen LogP contribution >= 0.6 is 0 Å². The van der Waals surface area contributed by atoms with E-state index in [4.69, 9.17) is 9.72 Å². The van der Waals surface area contributed by atoms with Gasteiger partial charge in [0.2, 0.25) is 5.95 Å². The third-order valence-electron chi connectivity index (χ3n) is 6.45. The minimum Gasteiger partial charge on any atom is -0.508 e. The van der Waals surface area contributed by atoms with E-state index in [0.29, 0.717) is 44.3 Å². The summed E-state index contributed by atoms with van der Waals surface area (Å²) in [6.07, 6.45) is 0.851. The van der Waals surface area contributed by atoms with Gasteiger partial charge in [0.05, 0.1) is 17.9 Å². The number of anilines is 2. The highest BCUT2D eigenvalue weighted by atomic mass is 16.5. The number of aromatic hydroxyl groups is 1. The number of benzene rings is 1. The predicted molar refractivity (Wildman–Crippen MR) is 127 cm³/mol. The second-order valence-electron chi connectivity index (χ2n) is 8.92. The van der Waals surface area contributed by atoms with Gasteiger partial charge < -0.3 is 19.6 Å². The Morgan fingerprint density at radius 1 is 1.22 bits per heavy atom. The topological polar surface area (TPSA) is 84.9 Å². The van der Waals surface area contributed by atoms with Crippen LogP contribution < -0.4 is 15.4 Å². The molecule has 0 aliphatic carbocycles. The van der Waals surface area contributed by atoms with Crippen molar-refractivity contribution in [3.8, 4) is 5.75 Å². The monoisotopic (exact) mass is 441 g/mol. The number of hydrogen-bond acceptors (Lipinski definition) is 7. The first-order valence-corrected chi connectivity index (χ1v) is 11.7. The Balaban J connectivity index is 1.51. The maximum Gasteiger partial charge on any atom is 0.255 e.